The van der Waals surface area contributed by atoms with E-state index >= 15 is 0 Å². The molecule has 0 N–H and O–H groups in total. The summed E-state index contributed by atoms with van der Waals surface area (Å²) in [4.78, 5) is 0. The maximum Gasteiger partial charge on any atom is 0.212 e. The Morgan fingerprint density at radius 1 is 0.750 bits per heavy atom. The standard InChI is InChI=1S/C25H26O3/c1-26-23-18-19-28-25(23,27-2)24(20-12-6-3-7-13-20,21-14-8-4-9-15-21)22-16-10-5-11-17-22/h3-17,23H,18-19H2,1-2H3. The van der Waals surface area contributed by atoms with Crippen LogP contribution in [-0.2, 0) is 19.6 Å². The predicted molar refractivity (Wildman–Crippen MR) is 110 cm³/mol. The van der Waals surface area contributed by atoms with Crippen molar-refractivity contribution >= 4 is 0 Å². The number of ether oxygens (including phenoxy) is 3. The molecule has 3 aromatic carbocycles. The van der Waals surface area contributed by atoms with Gasteiger partial charge in [-0.15, -0.1) is 0 Å². The Labute approximate surface area is 166 Å². The summed E-state index contributed by atoms with van der Waals surface area (Å²) in [7, 11) is 3.46. The smallest absolute Gasteiger partial charge is 0.212 e. The molecule has 2 atom stereocenters. The van der Waals surface area contributed by atoms with Crippen LogP contribution >= 0.6 is 0 Å². The van der Waals surface area contributed by atoms with Gasteiger partial charge in [-0.2, -0.15) is 0 Å². The molecule has 3 nitrogen and oxygen atoms in total. The Morgan fingerprint density at radius 2 is 1.18 bits per heavy atom. The van der Waals surface area contributed by atoms with Crippen LogP contribution < -0.4 is 0 Å². The van der Waals surface area contributed by atoms with Crippen LogP contribution in [0.3, 0.4) is 0 Å². The van der Waals surface area contributed by atoms with Crippen molar-refractivity contribution in [2.45, 2.75) is 23.7 Å². The molecule has 0 saturated carbocycles. The average molecular weight is 374 g/mol. The van der Waals surface area contributed by atoms with E-state index in [1.54, 1.807) is 14.2 Å². The van der Waals surface area contributed by atoms with Gasteiger partial charge < -0.3 is 14.2 Å². The van der Waals surface area contributed by atoms with E-state index in [1.807, 2.05) is 18.2 Å². The molecule has 3 heteroatoms. The molecule has 28 heavy (non-hydrogen) atoms. The summed E-state index contributed by atoms with van der Waals surface area (Å²) >= 11 is 0. The molecule has 0 aromatic heterocycles. The molecule has 2 unspecified atom stereocenters. The largest absolute Gasteiger partial charge is 0.376 e. The summed E-state index contributed by atoms with van der Waals surface area (Å²) in [5, 5.41) is 0. The quantitative estimate of drug-likeness (QED) is 0.580. The lowest BCUT2D eigenvalue weighted by molar-refractivity contribution is -0.262. The van der Waals surface area contributed by atoms with Crippen molar-refractivity contribution in [2.24, 2.45) is 0 Å². The molecular weight excluding hydrogens is 348 g/mol. The van der Waals surface area contributed by atoms with Crippen LogP contribution in [0.15, 0.2) is 91.0 Å². The van der Waals surface area contributed by atoms with E-state index in [9.17, 15) is 0 Å². The van der Waals surface area contributed by atoms with Crippen LogP contribution in [0.1, 0.15) is 23.1 Å². The van der Waals surface area contributed by atoms with Crippen molar-refractivity contribution in [2.75, 3.05) is 20.8 Å². The summed E-state index contributed by atoms with van der Waals surface area (Å²) in [5.74, 6) is -0.994. The highest BCUT2D eigenvalue weighted by atomic mass is 16.7. The lowest BCUT2D eigenvalue weighted by Gasteiger charge is -2.50. The van der Waals surface area contributed by atoms with Gasteiger partial charge in [0.1, 0.15) is 11.5 Å². The Bertz CT molecular complexity index is 783. The van der Waals surface area contributed by atoms with Crippen LogP contribution in [0, 0.1) is 0 Å². The van der Waals surface area contributed by atoms with E-state index in [2.05, 4.69) is 72.8 Å². The lowest BCUT2D eigenvalue weighted by Crippen LogP contribution is -2.60. The van der Waals surface area contributed by atoms with Gasteiger partial charge in [0.2, 0.25) is 5.79 Å². The fourth-order valence-corrected chi connectivity index (χ4v) is 4.73. The van der Waals surface area contributed by atoms with Crippen molar-refractivity contribution < 1.29 is 14.2 Å². The maximum atomic E-state index is 6.47. The number of methoxy groups -OCH3 is 2. The molecule has 3 aromatic rings. The number of hydrogen-bond donors (Lipinski definition) is 0. The zero-order valence-electron chi connectivity index (χ0n) is 16.4. The van der Waals surface area contributed by atoms with Crippen molar-refractivity contribution in [3.63, 3.8) is 0 Å². The Balaban J connectivity index is 2.13. The van der Waals surface area contributed by atoms with Crippen molar-refractivity contribution in [1.29, 1.82) is 0 Å². The second-order valence-corrected chi connectivity index (χ2v) is 7.08. The van der Waals surface area contributed by atoms with E-state index in [0.29, 0.717) is 6.61 Å². The average Bonchev–Trinajstić information content (AvgIpc) is 3.21. The zero-order chi connectivity index (χ0) is 19.5. The van der Waals surface area contributed by atoms with Gasteiger partial charge in [0.15, 0.2) is 0 Å². The molecule has 0 bridgehead atoms. The second-order valence-electron chi connectivity index (χ2n) is 7.08. The summed E-state index contributed by atoms with van der Waals surface area (Å²) < 4.78 is 18.7. The van der Waals surface area contributed by atoms with Crippen LogP contribution in [-0.4, -0.2) is 32.7 Å². The van der Waals surface area contributed by atoms with Gasteiger partial charge >= 0.3 is 0 Å². The topological polar surface area (TPSA) is 27.7 Å². The van der Waals surface area contributed by atoms with Gasteiger partial charge in [-0.3, -0.25) is 0 Å². The van der Waals surface area contributed by atoms with Gasteiger partial charge in [-0.1, -0.05) is 91.0 Å². The molecule has 1 aliphatic heterocycles. The molecule has 1 heterocycles. The molecule has 1 saturated heterocycles. The molecule has 1 fully saturated rings. The summed E-state index contributed by atoms with van der Waals surface area (Å²) in [6.07, 6.45) is 0.566. The summed E-state index contributed by atoms with van der Waals surface area (Å²) in [5.41, 5.74) is 2.64. The number of benzene rings is 3. The molecule has 0 amide bonds. The van der Waals surface area contributed by atoms with Crippen LogP contribution in [0.4, 0.5) is 0 Å². The maximum absolute atomic E-state index is 6.47. The third-order valence-electron chi connectivity index (χ3n) is 5.85. The SMILES string of the molecule is COC1CCOC1(OC)C(c1ccccc1)(c1ccccc1)c1ccccc1. The van der Waals surface area contributed by atoms with E-state index in [-0.39, 0.29) is 6.10 Å². The third-order valence-corrected chi connectivity index (χ3v) is 5.85. The molecule has 0 spiro atoms. The highest BCUT2D eigenvalue weighted by Crippen LogP contribution is 2.54. The fraction of sp³-hybridized carbons (Fsp3) is 0.280. The highest BCUT2D eigenvalue weighted by Gasteiger charge is 2.63. The first-order valence-corrected chi connectivity index (χ1v) is 9.68. The zero-order valence-corrected chi connectivity index (χ0v) is 16.4. The molecule has 144 valence electrons. The molecule has 0 aliphatic carbocycles. The highest BCUT2D eigenvalue weighted by molar-refractivity contribution is 5.54. The van der Waals surface area contributed by atoms with Gasteiger partial charge in [0, 0.05) is 20.6 Å². The monoisotopic (exact) mass is 374 g/mol. The first-order chi connectivity index (χ1) is 13.8. The van der Waals surface area contributed by atoms with Crippen molar-refractivity contribution in [1.82, 2.24) is 0 Å². The van der Waals surface area contributed by atoms with Crippen LogP contribution in [0.5, 0.6) is 0 Å². The Hall–Kier alpha value is -2.46. The summed E-state index contributed by atoms with van der Waals surface area (Å²) in [6.45, 7) is 0.584. The van der Waals surface area contributed by atoms with Gasteiger partial charge in [0.05, 0.1) is 6.61 Å². The molecular formula is C25H26O3. The molecule has 1 aliphatic rings. The Kier molecular flexibility index (Phi) is 5.31. The van der Waals surface area contributed by atoms with Gasteiger partial charge in [-0.25, -0.2) is 0 Å². The van der Waals surface area contributed by atoms with Crippen LogP contribution in [0.25, 0.3) is 0 Å². The second kappa shape index (κ2) is 7.88. The lowest BCUT2D eigenvalue weighted by atomic mass is 9.62. The first-order valence-electron chi connectivity index (χ1n) is 9.68. The minimum Gasteiger partial charge on any atom is -0.376 e. The van der Waals surface area contributed by atoms with E-state index in [0.717, 1.165) is 23.1 Å². The predicted octanol–water partition coefficient (Wildman–Crippen LogP) is 4.80. The fourth-order valence-electron chi connectivity index (χ4n) is 4.73. The van der Waals surface area contributed by atoms with Gasteiger partial charge in [-0.05, 0) is 16.7 Å². The minimum absolute atomic E-state index is 0.210. The van der Waals surface area contributed by atoms with E-state index in [1.165, 1.54) is 0 Å². The molecule has 4 rings (SSSR count). The molecule has 0 radical (unpaired) electrons. The third kappa shape index (κ3) is 2.70. The summed E-state index contributed by atoms with van der Waals surface area (Å²) in [6, 6.07) is 31.4. The van der Waals surface area contributed by atoms with Gasteiger partial charge in [0.25, 0.3) is 0 Å². The normalized spacial score (nSPS) is 22.3. The number of rotatable bonds is 6. The van der Waals surface area contributed by atoms with E-state index in [4.69, 9.17) is 14.2 Å². The number of hydrogen-bond acceptors (Lipinski definition) is 3. The van der Waals surface area contributed by atoms with Crippen LogP contribution in [0.2, 0.25) is 0 Å². The van der Waals surface area contributed by atoms with Crippen molar-refractivity contribution in [3.05, 3.63) is 108 Å². The van der Waals surface area contributed by atoms with E-state index < -0.39 is 11.2 Å². The first kappa shape index (κ1) is 18.9. The Morgan fingerprint density at radius 3 is 1.54 bits per heavy atom. The minimum atomic E-state index is -0.994. The van der Waals surface area contributed by atoms with Crippen molar-refractivity contribution in [3.8, 4) is 0 Å².